The van der Waals surface area contributed by atoms with E-state index < -0.39 is 24.1 Å². The van der Waals surface area contributed by atoms with Gasteiger partial charge in [-0.15, -0.1) is 0 Å². The van der Waals surface area contributed by atoms with Crippen LogP contribution in [0, 0.1) is 6.92 Å². The number of aliphatic carboxylic acids is 1. The monoisotopic (exact) mass is 352 g/mol. The van der Waals surface area contributed by atoms with Gasteiger partial charge in [0.05, 0.1) is 11.6 Å². The van der Waals surface area contributed by atoms with E-state index in [1.54, 1.807) is 31.2 Å². The zero-order valence-corrected chi connectivity index (χ0v) is 13.5. The molecular formula is C16H14ClFN2O4. The van der Waals surface area contributed by atoms with E-state index in [4.69, 9.17) is 21.2 Å². The summed E-state index contributed by atoms with van der Waals surface area (Å²) in [6.07, 6.45) is -0.250. The van der Waals surface area contributed by atoms with E-state index in [-0.39, 0.29) is 30.0 Å². The summed E-state index contributed by atoms with van der Waals surface area (Å²) in [5.74, 6) is -1.82. The van der Waals surface area contributed by atoms with Crippen LogP contribution in [0.4, 0.5) is 4.39 Å². The van der Waals surface area contributed by atoms with Crippen LogP contribution in [0.5, 0.6) is 0 Å². The van der Waals surface area contributed by atoms with Crippen LogP contribution in [0.3, 0.4) is 0 Å². The van der Waals surface area contributed by atoms with Crippen LogP contribution >= 0.6 is 11.6 Å². The van der Waals surface area contributed by atoms with Gasteiger partial charge in [-0.2, -0.15) is 0 Å². The van der Waals surface area contributed by atoms with E-state index in [1.807, 2.05) is 0 Å². The Morgan fingerprint density at radius 1 is 1.42 bits per heavy atom. The molecule has 1 aromatic heterocycles. The van der Waals surface area contributed by atoms with E-state index in [9.17, 15) is 14.0 Å². The smallest absolute Gasteiger partial charge is 0.343 e. The van der Waals surface area contributed by atoms with E-state index in [0.717, 1.165) is 4.90 Å². The Bertz CT molecular complexity index is 822. The van der Waals surface area contributed by atoms with E-state index in [2.05, 4.69) is 5.16 Å². The Hall–Kier alpha value is -2.41. The Balaban J connectivity index is 1.97. The molecule has 0 saturated carbocycles. The minimum absolute atomic E-state index is 0.00815. The highest BCUT2D eigenvalue weighted by atomic mass is 35.5. The van der Waals surface area contributed by atoms with Gasteiger partial charge in [-0.3, -0.25) is 4.79 Å². The molecule has 0 aliphatic carbocycles. The molecule has 8 heteroatoms. The molecule has 3 rings (SSSR count). The fraction of sp³-hybridized carbons (Fsp3) is 0.312. The maximum Gasteiger partial charge on any atom is 0.343 e. The molecule has 24 heavy (non-hydrogen) atoms. The largest absolute Gasteiger partial charge is 0.479 e. The molecule has 1 fully saturated rings. The van der Waals surface area contributed by atoms with Crippen molar-refractivity contribution in [2.75, 3.05) is 13.1 Å². The summed E-state index contributed by atoms with van der Waals surface area (Å²) in [6.45, 7) is 1.07. The fourth-order valence-corrected chi connectivity index (χ4v) is 2.97. The highest BCUT2D eigenvalue weighted by Crippen LogP contribution is 2.34. The van der Waals surface area contributed by atoms with Crippen LogP contribution in [0.2, 0.25) is 5.02 Å². The predicted molar refractivity (Wildman–Crippen MR) is 83.7 cm³/mol. The highest BCUT2D eigenvalue weighted by Gasteiger charge is 2.47. The van der Waals surface area contributed by atoms with Gasteiger partial charge >= 0.3 is 5.97 Å². The molecular weight excluding hydrogens is 339 g/mol. The molecule has 1 amide bonds. The number of carboxylic acid groups (broad SMARTS) is 1. The maximum atomic E-state index is 14.2. The van der Waals surface area contributed by atoms with Crippen LogP contribution in [-0.4, -0.2) is 45.8 Å². The average Bonchev–Trinajstić information content (AvgIpc) is 3.12. The van der Waals surface area contributed by atoms with Crippen molar-refractivity contribution in [3.63, 3.8) is 0 Å². The van der Waals surface area contributed by atoms with Crippen molar-refractivity contribution in [2.24, 2.45) is 0 Å². The van der Waals surface area contributed by atoms with E-state index in [1.165, 1.54) is 0 Å². The topological polar surface area (TPSA) is 83.6 Å². The van der Waals surface area contributed by atoms with Gasteiger partial charge < -0.3 is 14.5 Å². The molecule has 0 radical (unpaired) electrons. The summed E-state index contributed by atoms with van der Waals surface area (Å²) in [7, 11) is 0. The Morgan fingerprint density at radius 2 is 2.12 bits per heavy atom. The Kier molecular flexibility index (Phi) is 4.04. The van der Waals surface area contributed by atoms with E-state index in [0.29, 0.717) is 10.6 Å². The summed E-state index contributed by atoms with van der Waals surface area (Å²) in [5, 5.41) is 13.3. The quantitative estimate of drug-likeness (QED) is 0.918. The predicted octanol–water partition coefficient (Wildman–Crippen LogP) is 2.94. The molecule has 1 aliphatic heterocycles. The number of nitrogens with zero attached hydrogens (tertiary/aromatic N) is 2. The van der Waals surface area contributed by atoms with Crippen LogP contribution in [0.15, 0.2) is 28.8 Å². The number of carbonyl (C=O) groups excluding carboxylic acids is 1. The first-order valence-electron chi connectivity index (χ1n) is 7.26. The molecule has 2 heterocycles. The number of rotatable bonds is 3. The molecule has 0 bridgehead atoms. The molecule has 1 unspecified atom stereocenters. The Labute approximate surface area is 141 Å². The Morgan fingerprint density at radius 3 is 2.75 bits per heavy atom. The lowest BCUT2D eigenvalue weighted by molar-refractivity contribution is -0.149. The molecule has 1 atom stereocenters. The molecule has 1 aromatic carbocycles. The first-order chi connectivity index (χ1) is 11.3. The first-order valence-corrected chi connectivity index (χ1v) is 7.64. The van der Waals surface area contributed by atoms with Gasteiger partial charge in [0, 0.05) is 18.5 Å². The van der Waals surface area contributed by atoms with Crippen LogP contribution in [0.25, 0.3) is 11.3 Å². The van der Waals surface area contributed by atoms with Crippen LogP contribution in [-0.2, 0) is 4.79 Å². The lowest BCUT2D eigenvalue weighted by Crippen LogP contribution is -2.39. The summed E-state index contributed by atoms with van der Waals surface area (Å²) in [5.41, 5.74) is -1.48. The number of likely N-dealkylation sites (tertiary alicyclic amines) is 1. The summed E-state index contributed by atoms with van der Waals surface area (Å²) < 4.78 is 19.3. The van der Waals surface area contributed by atoms with Gasteiger partial charge in [0.1, 0.15) is 17.0 Å². The molecule has 6 nitrogen and oxygen atoms in total. The summed E-state index contributed by atoms with van der Waals surface area (Å²) in [6, 6.07) is 6.83. The van der Waals surface area contributed by atoms with Gasteiger partial charge in [0.15, 0.2) is 0 Å². The van der Waals surface area contributed by atoms with Crippen LogP contribution < -0.4 is 0 Å². The number of carboxylic acids is 1. The van der Waals surface area contributed by atoms with Crippen molar-refractivity contribution in [1.29, 1.82) is 0 Å². The van der Waals surface area contributed by atoms with Gasteiger partial charge in [-0.25, -0.2) is 9.18 Å². The SMILES string of the molecule is Cc1onc(-c2ccccc2Cl)c1C(=O)N1CCC(F)(C(=O)O)C1. The zero-order valence-electron chi connectivity index (χ0n) is 12.8. The average molecular weight is 353 g/mol. The summed E-state index contributed by atoms with van der Waals surface area (Å²) in [4.78, 5) is 24.9. The lowest BCUT2D eigenvalue weighted by Gasteiger charge is -2.17. The second kappa shape index (κ2) is 5.90. The van der Waals surface area contributed by atoms with Crippen molar-refractivity contribution in [2.45, 2.75) is 19.0 Å². The number of amides is 1. The molecule has 126 valence electrons. The molecule has 2 aromatic rings. The normalized spacial score (nSPS) is 20.4. The molecule has 0 spiro atoms. The third-order valence-electron chi connectivity index (χ3n) is 4.10. The first kappa shape index (κ1) is 16.4. The lowest BCUT2D eigenvalue weighted by atomic mass is 10.0. The molecule has 1 saturated heterocycles. The van der Waals surface area contributed by atoms with Crippen LogP contribution in [0.1, 0.15) is 22.5 Å². The number of alkyl halides is 1. The van der Waals surface area contributed by atoms with Crippen molar-refractivity contribution in [3.05, 3.63) is 40.6 Å². The van der Waals surface area contributed by atoms with Crippen molar-refractivity contribution in [3.8, 4) is 11.3 Å². The van der Waals surface area contributed by atoms with Gasteiger partial charge in [0.2, 0.25) is 5.67 Å². The number of carbonyl (C=O) groups is 2. The number of aryl methyl sites for hydroxylation is 1. The minimum Gasteiger partial charge on any atom is -0.479 e. The molecule has 1 aliphatic rings. The van der Waals surface area contributed by atoms with Crippen molar-refractivity contribution in [1.82, 2.24) is 10.1 Å². The third-order valence-corrected chi connectivity index (χ3v) is 4.43. The standard InChI is InChI=1S/C16H14ClFN2O4/c1-9-12(13(19-24-9)10-4-2-3-5-11(10)17)14(21)20-7-6-16(18,8-20)15(22)23/h2-5H,6-8H2,1H3,(H,22,23). The second-order valence-corrected chi connectivity index (χ2v) is 6.10. The zero-order chi connectivity index (χ0) is 17.5. The number of halogens is 2. The molecule has 1 N–H and O–H groups in total. The van der Waals surface area contributed by atoms with Gasteiger partial charge in [0.25, 0.3) is 5.91 Å². The van der Waals surface area contributed by atoms with Crippen molar-refractivity contribution >= 4 is 23.5 Å². The van der Waals surface area contributed by atoms with Gasteiger partial charge in [-0.05, 0) is 13.0 Å². The third kappa shape index (κ3) is 2.65. The second-order valence-electron chi connectivity index (χ2n) is 5.69. The summed E-state index contributed by atoms with van der Waals surface area (Å²) >= 11 is 6.15. The minimum atomic E-state index is -2.43. The number of hydrogen-bond acceptors (Lipinski definition) is 4. The van der Waals surface area contributed by atoms with Crippen molar-refractivity contribution < 1.29 is 23.6 Å². The maximum absolute atomic E-state index is 14.2. The highest BCUT2D eigenvalue weighted by molar-refractivity contribution is 6.33. The van der Waals surface area contributed by atoms with Gasteiger partial charge in [-0.1, -0.05) is 35.0 Å². The number of hydrogen-bond donors (Lipinski definition) is 1. The number of benzene rings is 1. The number of aromatic nitrogens is 1. The fourth-order valence-electron chi connectivity index (χ4n) is 2.74. The van der Waals surface area contributed by atoms with E-state index >= 15 is 0 Å².